The van der Waals surface area contributed by atoms with E-state index < -0.39 is 0 Å². The fourth-order valence-electron chi connectivity index (χ4n) is 2.89. The van der Waals surface area contributed by atoms with Gasteiger partial charge in [-0.05, 0) is 41.7 Å². The van der Waals surface area contributed by atoms with Crippen molar-refractivity contribution in [2.24, 2.45) is 5.73 Å². The van der Waals surface area contributed by atoms with Crippen LogP contribution in [0.25, 0.3) is 0 Å². The van der Waals surface area contributed by atoms with Gasteiger partial charge in [-0.1, -0.05) is 6.92 Å². The van der Waals surface area contributed by atoms with Gasteiger partial charge in [-0.2, -0.15) is 0 Å². The topological polar surface area (TPSA) is 58.3 Å². The van der Waals surface area contributed by atoms with Gasteiger partial charge in [0.25, 0.3) is 0 Å². The Morgan fingerprint density at radius 1 is 1.35 bits per heavy atom. The number of halogens is 1. The van der Waals surface area contributed by atoms with Gasteiger partial charge in [0.1, 0.15) is 12.1 Å². The molecule has 2 heterocycles. The molecule has 1 atom stereocenters. The third kappa shape index (κ3) is 3.90. The van der Waals surface area contributed by atoms with E-state index in [-0.39, 0.29) is 0 Å². The maximum Gasteiger partial charge on any atom is 0.146 e. The highest BCUT2D eigenvalue weighted by Gasteiger charge is 2.21. The standard InChI is InChI=1S/C14H24BrN5/c1-2-12(4-5-16)19-6-3-7-20(9-8-19)14-13(15)10-17-11-18-14/h10-12H,2-9,16H2,1H3. The number of anilines is 1. The molecule has 20 heavy (non-hydrogen) atoms. The van der Waals surface area contributed by atoms with Crippen LogP contribution in [0.4, 0.5) is 5.82 Å². The van der Waals surface area contributed by atoms with Gasteiger partial charge in [-0.3, -0.25) is 4.90 Å². The second-order valence-electron chi connectivity index (χ2n) is 5.21. The second-order valence-corrected chi connectivity index (χ2v) is 6.06. The highest BCUT2D eigenvalue weighted by molar-refractivity contribution is 9.10. The van der Waals surface area contributed by atoms with Crippen molar-refractivity contribution in [2.45, 2.75) is 32.2 Å². The first-order chi connectivity index (χ1) is 9.76. The lowest BCUT2D eigenvalue weighted by Crippen LogP contribution is -2.39. The number of nitrogens with zero attached hydrogens (tertiary/aromatic N) is 4. The van der Waals surface area contributed by atoms with Crippen LogP contribution in [0.15, 0.2) is 17.0 Å². The highest BCUT2D eigenvalue weighted by atomic mass is 79.9. The van der Waals surface area contributed by atoms with Crippen LogP contribution >= 0.6 is 15.9 Å². The molecule has 1 aliphatic rings. The van der Waals surface area contributed by atoms with Crippen LogP contribution in [-0.4, -0.2) is 53.6 Å². The summed E-state index contributed by atoms with van der Waals surface area (Å²) in [6.07, 6.45) is 6.86. The first kappa shape index (κ1) is 15.7. The van der Waals surface area contributed by atoms with Crippen molar-refractivity contribution in [3.8, 4) is 0 Å². The van der Waals surface area contributed by atoms with E-state index in [4.69, 9.17) is 5.73 Å². The molecule has 0 amide bonds. The fourth-order valence-corrected chi connectivity index (χ4v) is 3.36. The largest absolute Gasteiger partial charge is 0.354 e. The van der Waals surface area contributed by atoms with Gasteiger partial charge in [0.05, 0.1) is 4.47 Å². The predicted molar refractivity (Wildman–Crippen MR) is 85.9 cm³/mol. The Labute approximate surface area is 129 Å². The lowest BCUT2D eigenvalue weighted by molar-refractivity contribution is 0.196. The van der Waals surface area contributed by atoms with Crippen LogP contribution in [-0.2, 0) is 0 Å². The summed E-state index contributed by atoms with van der Waals surface area (Å²) in [5.74, 6) is 1.01. The molecule has 0 radical (unpaired) electrons. The van der Waals surface area contributed by atoms with E-state index in [9.17, 15) is 0 Å². The van der Waals surface area contributed by atoms with E-state index in [0.29, 0.717) is 6.04 Å². The van der Waals surface area contributed by atoms with Crippen molar-refractivity contribution in [3.05, 3.63) is 17.0 Å². The van der Waals surface area contributed by atoms with Crippen LogP contribution in [0.1, 0.15) is 26.2 Å². The van der Waals surface area contributed by atoms with Crippen molar-refractivity contribution in [1.29, 1.82) is 0 Å². The molecule has 1 fully saturated rings. The Morgan fingerprint density at radius 3 is 2.90 bits per heavy atom. The SMILES string of the molecule is CCC(CCN)N1CCCN(c2ncncc2Br)CC1. The summed E-state index contributed by atoms with van der Waals surface area (Å²) in [5, 5.41) is 0. The van der Waals surface area contributed by atoms with Gasteiger partial charge in [-0.15, -0.1) is 0 Å². The zero-order valence-corrected chi connectivity index (χ0v) is 13.7. The molecule has 0 bridgehead atoms. The van der Waals surface area contributed by atoms with Crippen LogP contribution in [0.5, 0.6) is 0 Å². The monoisotopic (exact) mass is 341 g/mol. The number of aromatic nitrogens is 2. The normalized spacial score (nSPS) is 18.9. The molecule has 2 rings (SSSR count). The molecule has 1 unspecified atom stereocenters. The zero-order valence-electron chi connectivity index (χ0n) is 12.1. The Hall–Kier alpha value is -0.720. The minimum absolute atomic E-state index is 0.619. The van der Waals surface area contributed by atoms with Crippen molar-refractivity contribution >= 4 is 21.7 Å². The summed E-state index contributed by atoms with van der Waals surface area (Å²) in [6.45, 7) is 7.31. The number of hydrogen-bond acceptors (Lipinski definition) is 5. The Morgan fingerprint density at radius 2 is 2.20 bits per heavy atom. The third-order valence-electron chi connectivity index (χ3n) is 3.97. The van der Waals surface area contributed by atoms with Crippen LogP contribution in [0.3, 0.4) is 0 Å². The molecule has 0 aromatic carbocycles. The summed E-state index contributed by atoms with van der Waals surface area (Å²) in [5.41, 5.74) is 5.73. The molecule has 5 nitrogen and oxygen atoms in total. The van der Waals surface area contributed by atoms with Crippen molar-refractivity contribution in [3.63, 3.8) is 0 Å². The summed E-state index contributed by atoms with van der Waals surface area (Å²) in [7, 11) is 0. The zero-order chi connectivity index (χ0) is 14.4. The molecule has 0 aliphatic carbocycles. The average Bonchev–Trinajstić information content (AvgIpc) is 2.71. The minimum atomic E-state index is 0.619. The smallest absolute Gasteiger partial charge is 0.146 e. The lowest BCUT2D eigenvalue weighted by atomic mass is 10.1. The van der Waals surface area contributed by atoms with Crippen molar-refractivity contribution in [1.82, 2.24) is 14.9 Å². The molecule has 2 N–H and O–H groups in total. The summed E-state index contributed by atoms with van der Waals surface area (Å²) in [4.78, 5) is 13.4. The summed E-state index contributed by atoms with van der Waals surface area (Å²) >= 11 is 3.54. The predicted octanol–water partition coefficient (Wildman–Crippen LogP) is 1.88. The van der Waals surface area contributed by atoms with Crippen LogP contribution in [0.2, 0.25) is 0 Å². The van der Waals surface area contributed by atoms with Crippen LogP contribution in [0, 0.1) is 0 Å². The number of rotatable bonds is 5. The maximum absolute atomic E-state index is 5.73. The van der Waals surface area contributed by atoms with Gasteiger partial charge < -0.3 is 10.6 Å². The van der Waals surface area contributed by atoms with E-state index in [1.54, 1.807) is 6.33 Å². The molecule has 1 aromatic rings. The Kier molecular flexibility index (Phi) is 6.19. The molecule has 1 aliphatic heterocycles. The van der Waals surface area contributed by atoms with Gasteiger partial charge in [0.15, 0.2) is 0 Å². The summed E-state index contributed by atoms with van der Waals surface area (Å²) in [6, 6.07) is 0.619. The molecule has 0 spiro atoms. The first-order valence-electron chi connectivity index (χ1n) is 7.40. The molecule has 112 valence electrons. The van der Waals surface area contributed by atoms with E-state index in [2.05, 4.69) is 42.6 Å². The first-order valence-corrected chi connectivity index (χ1v) is 8.20. The fraction of sp³-hybridized carbons (Fsp3) is 0.714. The quantitative estimate of drug-likeness (QED) is 0.885. The van der Waals surface area contributed by atoms with Crippen LogP contribution < -0.4 is 10.6 Å². The third-order valence-corrected chi connectivity index (χ3v) is 4.53. The lowest BCUT2D eigenvalue weighted by Gasteiger charge is -2.29. The molecule has 6 heteroatoms. The van der Waals surface area contributed by atoms with Gasteiger partial charge >= 0.3 is 0 Å². The van der Waals surface area contributed by atoms with Gasteiger partial charge in [0, 0.05) is 38.4 Å². The highest BCUT2D eigenvalue weighted by Crippen LogP contribution is 2.23. The minimum Gasteiger partial charge on any atom is -0.354 e. The van der Waals surface area contributed by atoms with Gasteiger partial charge in [-0.25, -0.2) is 9.97 Å². The second kappa shape index (κ2) is 7.90. The number of hydrogen-bond donors (Lipinski definition) is 1. The number of nitrogens with two attached hydrogens (primary N) is 1. The van der Waals surface area contributed by atoms with E-state index >= 15 is 0 Å². The van der Waals surface area contributed by atoms with Crippen molar-refractivity contribution < 1.29 is 0 Å². The average molecular weight is 342 g/mol. The summed E-state index contributed by atoms with van der Waals surface area (Å²) < 4.78 is 0.974. The molecule has 1 aromatic heterocycles. The van der Waals surface area contributed by atoms with E-state index in [0.717, 1.165) is 55.9 Å². The molecule has 1 saturated heterocycles. The Bertz CT molecular complexity index is 414. The van der Waals surface area contributed by atoms with Gasteiger partial charge in [0.2, 0.25) is 0 Å². The molecular weight excluding hydrogens is 318 g/mol. The van der Waals surface area contributed by atoms with E-state index in [1.165, 1.54) is 6.42 Å². The maximum atomic E-state index is 5.73. The van der Waals surface area contributed by atoms with E-state index in [1.807, 2.05) is 6.20 Å². The molecule has 0 saturated carbocycles. The van der Waals surface area contributed by atoms with Crippen molar-refractivity contribution in [2.75, 3.05) is 37.6 Å². The Balaban J connectivity index is 2.00. The molecular formula is C14H24BrN5.